The van der Waals surface area contributed by atoms with Crippen LogP contribution in [0.3, 0.4) is 0 Å². The number of ether oxygens (including phenoxy) is 2. The van der Waals surface area contributed by atoms with Crippen molar-refractivity contribution in [2.45, 2.75) is 6.54 Å². The van der Waals surface area contributed by atoms with Crippen LogP contribution in [0.1, 0.15) is 11.3 Å². The molecule has 0 atom stereocenters. The summed E-state index contributed by atoms with van der Waals surface area (Å²) in [6.45, 7) is -0.131. The molecule has 0 fully saturated rings. The Labute approximate surface area is 177 Å². The van der Waals surface area contributed by atoms with E-state index >= 15 is 0 Å². The quantitative estimate of drug-likeness (QED) is 0.670. The number of hydrogen-bond acceptors (Lipinski definition) is 5. The number of anilines is 1. The zero-order valence-electron chi connectivity index (χ0n) is 16.1. The maximum absolute atomic E-state index is 12.4. The average molecular weight is 424 g/mol. The average Bonchev–Trinajstić information content (AvgIpc) is 2.75. The van der Waals surface area contributed by atoms with Gasteiger partial charge < -0.3 is 14.8 Å². The Morgan fingerprint density at radius 2 is 2.03 bits per heavy atom. The van der Waals surface area contributed by atoms with Crippen LogP contribution in [0.2, 0.25) is 5.02 Å². The molecule has 0 unspecified atom stereocenters. The molecular formula is C22H18ClN3O4. The molecule has 0 radical (unpaired) electrons. The number of carbonyl (C=O) groups is 2. The van der Waals surface area contributed by atoms with Crippen molar-refractivity contribution in [3.8, 4) is 5.75 Å². The second kappa shape index (κ2) is 8.42. The minimum atomic E-state index is -0.627. The van der Waals surface area contributed by atoms with Crippen molar-refractivity contribution < 1.29 is 19.1 Å². The highest BCUT2D eigenvalue weighted by Gasteiger charge is 2.20. The number of nitrogens with one attached hydrogen (secondary N) is 1. The van der Waals surface area contributed by atoms with Crippen LogP contribution in [0.4, 0.5) is 10.5 Å². The molecule has 1 aromatic heterocycles. The molecule has 4 rings (SSSR count). The largest absolute Gasteiger partial charge is 0.495 e. The van der Waals surface area contributed by atoms with E-state index in [0.717, 1.165) is 22.2 Å². The van der Waals surface area contributed by atoms with Crippen molar-refractivity contribution in [2.24, 2.45) is 0 Å². The lowest BCUT2D eigenvalue weighted by Gasteiger charge is -2.22. The summed E-state index contributed by atoms with van der Waals surface area (Å²) in [4.78, 5) is 30.6. The lowest BCUT2D eigenvalue weighted by Crippen LogP contribution is -2.31. The van der Waals surface area contributed by atoms with E-state index in [9.17, 15) is 9.59 Å². The number of benzene rings is 2. The van der Waals surface area contributed by atoms with Gasteiger partial charge in [-0.2, -0.15) is 0 Å². The van der Waals surface area contributed by atoms with E-state index in [1.165, 1.54) is 12.0 Å². The first-order valence-electron chi connectivity index (χ1n) is 9.17. The summed E-state index contributed by atoms with van der Waals surface area (Å²) in [7, 11) is 1.48. The lowest BCUT2D eigenvalue weighted by molar-refractivity contribution is -0.119. The van der Waals surface area contributed by atoms with Crippen LogP contribution in [0.25, 0.3) is 17.0 Å². The lowest BCUT2D eigenvalue weighted by atomic mass is 10.1. The Balaban J connectivity index is 1.38. The van der Waals surface area contributed by atoms with Crippen molar-refractivity contribution in [2.75, 3.05) is 19.0 Å². The molecule has 2 aromatic carbocycles. The van der Waals surface area contributed by atoms with Crippen molar-refractivity contribution in [1.29, 1.82) is 0 Å². The molecule has 7 nitrogen and oxygen atoms in total. The molecule has 0 saturated carbocycles. The van der Waals surface area contributed by atoms with Gasteiger partial charge >= 0.3 is 6.09 Å². The SMILES string of the molecule is COc1ccc(Cl)cc1NC(=O)COC(=O)N1C=Cc2nc3ccccc3cc2C1. The fourth-order valence-corrected chi connectivity index (χ4v) is 3.31. The standard InChI is InChI=1S/C22H18ClN3O4/c1-29-20-7-6-16(23)11-19(20)25-21(27)13-30-22(28)26-9-8-18-15(12-26)10-14-4-2-3-5-17(14)24-18/h2-11H,12-13H2,1H3,(H,25,27). The third-order valence-electron chi connectivity index (χ3n) is 4.59. The summed E-state index contributed by atoms with van der Waals surface area (Å²) in [5.74, 6) is -0.0488. The van der Waals surface area contributed by atoms with Gasteiger partial charge in [0.05, 0.1) is 30.6 Å². The topological polar surface area (TPSA) is 80.8 Å². The molecule has 30 heavy (non-hydrogen) atoms. The first kappa shape index (κ1) is 19.7. The predicted octanol–water partition coefficient (Wildman–Crippen LogP) is 4.46. The third kappa shape index (κ3) is 4.21. The first-order valence-corrected chi connectivity index (χ1v) is 9.55. The number of para-hydroxylation sites is 1. The number of rotatable bonds is 4. The normalized spacial score (nSPS) is 12.4. The molecule has 0 spiro atoms. The number of hydrogen-bond donors (Lipinski definition) is 1. The molecular weight excluding hydrogens is 406 g/mol. The van der Waals surface area contributed by atoms with E-state index in [1.54, 1.807) is 30.5 Å². The van der Waals surface area contributed by atoms with E-state index in [0.29, 0.717) is 23.0 Å². The second-order valence-corrected chi connectivity index (χ2v) is 7.05. The van der Waals surface area contributed by atoms with Gasteiger partial charge in [-0.25, -0.2) is 9.78 Å². The maximum Gasteiger partial charge on any atom is 0.414 e. The third-order valence-corrected chi connectivity index (χ3v) is 4.82. The summed E-state index contributed by atoms with van der Waals surface area (Å²) >= 11 is 5.95. The van der Waals surface area contributed by atoms with Crippen molar-refractivity contribution in [3.63, 3.8) is 0 Å². The smallest absolute Gasteiger partial charge is 0.414 e. The van der Waals surface area contributed by atoms with Crippen molar-refractivity contribution >= 4 is 46.3 Å². The zero-order valence-corrected chi connectivity index (χ0v) is 16.8. The van der Waals surface area contributed by atoms with E-state index in [4.69, 9.17) is 21.1 Å². The van der Waals surface area contributed by atoms with Gasteiger partial charge in [0, 0.05) is 16.6 Å². The summed E-state index contributed by atoms with van der Waals surface area (Å²) < 4.78 is 10.3. The fourth-order valence-electron chi connectivity index (χ4n) is 3.14. The Hall–Kier alpha value is -3.58. The van der Waals surface area contributed by atoms with Gasteiger partial charge in [0.25, 0.3) is 5.91 Å². The number of carbonyl (C=O) groups excluding carboxylic acids is 2. The number of nitrogens with zero attached hydrogens (tertiary/aromatic N) is 2. The van der Waals surface area contributed by atoms with E-state index < -0.39 is 18.6 Å². The Morgan fingerprint density at radius 3 is 2.87 bits per heavy atom. The monoisotopic (exact) mass is 423 g/mol. The van der Waals surface area contributed by atoms with E-state index in [-0.39, 0.29) is 0 Å². The van der Waals surface area contributed by atoms with Crippen molar-refractivity contribution in [3.05, 3.63) is 71.0 Å². The van der Waals surface area contributed by atoms with E-state index in [2.05, 4.69) is 10.3 Å². The summed E-state index contributed by atoms with van der Waals surface area (Å²) in [5, 5.41) is 4.06. The molecule has 2 heterocycles. The first-order chi connectivity index (χ1) is 14.5. The second-order valence-electron chi connectivity index (χ2n) is 6.62. The molecule has 0 bridgehead atoms. The highest BCUT2D eigenvalue weighted by Crippen LogP contribution is 2.27. The maximum atomic E-state index is 12.4. The molecule has 152 valence electrons. The number of fused-ring (bicyclic) bond motifs is 2. The van der Waals surface area contributed by atoms with Gasteiger partial charge in [0.1, 0.15) is 5.75 Å². The Kier molecular flexibility index (Phi) is 5.54. The van der Waals surface area contributed by atoms with Crippen LogP contribution in [-0.4, -0.2) is 35.6 Å². The van der Waals surface area contributed by atoms with Gasteiger partial charge in [-0.1, -0.05) is 29.8 Å². The zero-order chi connectivity index (χ0) is 21.1. The van der Waals surface area contributed by atoms with Gasteiger partial charge in [0.2, 0.25) is 0 Å². The number of methoxy groups -OCH3 is 1. The summed E-state index contributed by atoms with van der Waals surface area (Å²) in [5.41, 5.74) is 3.01. The van der Waals surface area contributed by atoms with Gasteiger partial charge in [-0.15, -0.1) is 0 Å². The van der Waals surface area contributed by atoms with E-state index in [1.807, 2.05) is 30.3 Å². The highest BCUT2D eigenvalue weighted by molar-refractivity contribution is 6.31. The van der Waals surface area contributed by atoms with Gasteiger partial charge in [-0.05, 0) is 42.0 Å². The highest BCUT2D eigenvalue weighted by atomic mass is 35.5. The minimum Gasteiger partial charge on any atom is -0.495 e. The Bertz CT molecular complexity index is 1160. The predicted molar refractivity (Wildman–Crippen MR) is 114 cm³/mol. The molecule has 8 heteroatoms. The number of halogens is 1. The molecule has 0 saturated heterocycles. The summed E-state index contributed by atoms with van der Waals surface area (Å²) in [6.07, 6.45) is 2.73. The number of aromatic nitrogens is 1. The molecule has 2 amide bonds. The van der Waals surface area contributed by atoms with Crippen LogP contribution in [0.5, 0.6) is 5.75 Å². The molecule has 3 aromatic rings. The molecule has 0 aliphatic carbocycles. The number of pyridine rings is 1. The Morgan fingerprint density at radius 1 is 1.20 bits per heavy atom. The molecule has 1 aliphatic heterocycles. The minimum absolute atomic E-state index is 0.312. The summed E-state index contributed by atoms with van der Waals surface area (Å²) in [6, 6.07) is 14.6. The van der Waals surface area contributed by atoms with Crippen molar-refractivity contribution in [1.82, 2.24) is 9.88 Å². The van der Waals surface area contributed by atoms with Gasteiger partial charge in [-0.3, -0.25) is 9.69 Å². The fraction of sp³-hybridized carbons (Fsp3) is 0.136. The van der Waals surface area contributed by atoms with Crippen LogP contribution >= 0.6 is 11.6 Å². The van der Waals surface area contributed by atoms with Crippen LogP contribution in [-0.2, 0) is 16.1 Å². The molecule has 1 N–H and O–H groups in total. The van der Waals surface area contributed by atoms with Crippen LogP contribution < -0.4 is 10.1 Å². The molecule has 1 aliphatic rings. The van der Waals surface area contributed by atoms with Gasteiger partial charge in [0.15, 0.2) is 6.61 Å². The van der Waals surface area contributed by atoms with Crippen LogP contribution in [0, 0.1) is 0 Å². The van der Waals surface area contributed by atoms with Crippen LogP contribution in [0.15, 0.2) is 54.7 Å². The number of amides is 2.